The predicted octanol–water partition coefficient (Wildman–Crippen LogP) is 3.46. The summed E-state index contributed by atoms with van der Waals surface area (Å²) in [5, 5.41) is 1.07. The van der Waals surface area contributed by atoms with Gasteiger partial charge >= 0.3 is 0 Å². The quantitative estimate of drug-likeness (QED) is 0.751. The highest BCUT2D eigenvalue weighted by Crippen LogP contribution is 2.28. The number of amides is 1. The van der Waals surface area contributed by atoms with Crippen LogP contribution in [0.3, 0.4) is 0 Å². The Kier molecular flexibility index (Phi) is 5.20. The summed E-state index contributed by atoms with van der Waals surface area (Å²) in [6, 6.07) is 14.1. The molecule has 140 valence electrons. The van der Waals surface area contributed by atoms with E-state index in [0.717, 1.165) is 28.1 Å². The first-order valence-electron chi connectivity index (χ1n) is 9.22. The number of benzene rings is 2. The van der Waals surface area contributed by atoms with Crippen molar-refractivity contribution in [3.05, 3.63) is 53.0 Å². The highest BCUT2D eigenvalue weighted by Gasteiger charge is 2.24. The molecule has 1 atom stereocenters. The molecule has 1 aliphatic heterocycles. The summed E-state index contributed by atoms with van der Waals surface area (Å²) in [6.45, 7) is 4.40. The van der Waals surface area contributed by atoms with Crippen molar-refractivity contribution in [1.29, 1.82) is 0 Å². The summed E-state index contributed by atoms with van der Waals surface area (Å²) in [7, 11) is 0. The Morgan fingerprint density at radius 1 is 1.26 bits per heavy atom. The lowest BCUT2D eigenvalue weighted by molar-refractivity contribution is -0.0236. The van der Waals surface area contributed by atoms with Crippen molar-refractivity contribution in [2.45, 2.75) is 19.4 Å². The minimum Gasteiger partial charge on any atom is -0.374 e. The summed E-state index contributed by atoms with van der Waals surface area (Å²) in [4.78, 5) is 19.2. The second-order valence-electron chi connectivity index (χ2n) is 6.81. The highest BCUT2D eigenvalue weighted by atomic mass is 32.1. The van der Waals surface area contributed by atoms with Crippen LogP contribution in [0.15, 0.2) is 42.5 Å². The highest BCUT2D eigenvalue weighted by molar-refractivity contribution is 7.18. The first kappa shape index (κ1) is 18.1. The first-order valence-corrected chi connectivity index (χ1v) is 10.0. The van der Waals surface area contributed by atoms with Gasteiger partial charge in [0, 0.05) is 18.7 Å². The second kappa shape index (κ2) is 7.76. The van der Waals surface area contributed by atoms with Gasteiger partial charge in [0.2, 0.25) is 0 Å². The van der Waals surface area contributed by atoms with Crippen LogP contribution in [-0.2, 0) is 4.74 Å². The molecule has 2 heterocycles. The topological polar surface area (TPSA) is 68.5 Å². The van der Waals surface area contributed by atoms with E-state index in [2.05, 4.69) is 23.2 Å². The van der Waals surface area contributed by atoms with Gasteiger partial charge in [0.1, 0.15) is 0 Å². The van der Waals surface area contributed by atoms with E-state index < -0.39 is 0 Å². The Morgan fingerprint density at radius 3 is 2.81 bits per heavy atom. The maximum Gasteiger partial charge on any atom is 0.254 e. The zero-order valence-electron chi connectivity index (χ0n) is 15.4. The fourth-order valence-corrected chi connectivity index (χ4v) is 4.28. The van der Waals surface area contributed by atoms with E-state index in [9.17, 15) is 4.79 Å². The largest absolute Gasteiger partial charge is 0.374 e. The third-order valence-electron chi connectivity index (χ3n) is 4.87. The Morgan fingerprint density at radius 2 is 2.04 bits per heavy atom. The Balaban J connectivity index is 1.51. The maximum absolute atomic E-state index is 12.8. The lowest BCUT2D eigenvalue weighted by atomic mass is 10.0. The van der Waals surface area contributed by atoms with Gasteiger partial charge in [0.25, 0.3) is 5.91 Å². The van der Waals surface area contributed by atoms with Crippen LogP contribution in [0.25, 0.3) is 21.3 Å². The van der Waals surface area contributed by atoms with Crippen LogP contribution >= 0.6 is 11.3 Å². The van der Waals surface area contributed by atoms with Gasteiger partial charge in [-0.1, -0.05) is 18.2 Å². The number of thiazole rings is 1. The number of nitrogens with two attached hydrogens (primary N) is 1. The van der Waals surface area contributed by atoms with Gasteiger partial charge in [-0.25, -0.2) is 4.98 Å². The van der Waals surface area contributed by atoms with Crippen LogP contribution in [0.4, 0.5) is 0 Å². The molecular formula is C21H23N3O2S. The molecule has 1 aliphatic rings. The molecule has 1 fully saturated rings. The molecule has 0 saturated carbocycles. The molecular weight excluding hydrogens is 358 g/mol. The number of aryl methyl sites for hydroxylation is 1. The molecule has 1 amide bonds. The standard InChI is InChI=1S/C21H23N3O2S/c1-14-23-19-12-17(6-7-20(19)27-14)15-2-4-16(5-3-15)21(25)24-10-11-26-18(13-24)8-9-22/h2-7,12,18H,8-11,13,22H2,1H3/t18-/m1/s1. The molecule has 27 heavy (non-hydrogen) atoms. The third kappa shape index (κ3) is 3.88. The number of fused-ring (bicyclic) bond motifs is 1. The molecule has 1 aromatic heterocycles. The Bertz CT molecular complexity index is 950. The smallest absolute Gasteiger partial charge is 0.254 e. The van der Waals surface area contributed by atoms with Crippen molar-refractivity contribution in [2.75, 3.05) is 26.2 Å². The number of rotatable bonds is 4. The molecule has 4 rings (SSSR count). The molecule has 2 N–H and O–H groups in total. The second-order valence-corrected chi connectivity index (χ2v) is 8.05. The van der Waals surface area contributed by atoms with Crippen LogP contribution in [0, 0.1) is 6.92 Å². The van der Waals surface area contributed by atoms with Crippen LogP contribution in [0.5, 0.6) is 0 Å². The van der Waals surface area contributed by atoms with E-state index in [1.54, 1.807) is 11.3 Å². The Hall–Kier alpha value is -2.28. The summed E-state index contributed by atoms with van der Waals surface area (Å²) >= 11 is 1.70. The van der Waals surface area contributed by atoms with Crippen LogP contribution in [0.2, 0.25) is 0 Å². The average molecular weight is 382 g/mol. The number of hydrogen-bond acceptors (Lipinski definition) is 5. The predicted molar refractivity (Wildman–Crippen MR) is 109 cm³/mol. The van der Waals surface area contributed by atoms with E-state index >= 15 is 0 Å². The first-order chi connectivity index (χ1) is 13.1. The molecule has 3 aromatic rings. The van der Waals surface area contributed by atoms with Gasteiger partial charge in [-0.3, -0.25) is 4.79 Å². The maximum atomic E-state index is 12.8. The van der Waals surface area contributed by atoms with E-state index in [1.165, 1.54) is 4.70 Å². The van der Waals surface area contributed by atoms with E-state index in [0.29, 0.717) is 31.8 Å². The SMILES string of the molecule is Cc1nc2cc(-c3ccc(C(=O)N4CCO[C@H](CCN)C4)cc3)ccc2s1. The van der Waals surface area contributed by atoms with Gasteiger partial charge in [0.05, 0.1) is 27.9 Å². The van der Waals surface area contributed by atoms with E-state index in [4.69, 9.17) is 10.5 Å². The molecule has 2 aromatic carbocycles. The molecule has 1 saturated heterocycles. The van der Waals surface area contributed by atoms with Gasteiger partial charge in [-0.05, 0) is 55.3 Å². The molecule has 0 bridgehead atoms. The van der Waals surface area contributed by atoms with Gasteiger partial charge in [0.15, 0.2) is 0 Å². The molecule has 5 nitrogen and oxygen atoms in total. The zero-order chi connectivity index (χ0) is 18.8. The Labute approximate surface area is 162 Å². The number of carbonyl (C=O) groups excluding carboxylic acids is 1. The van der Waals surface area contributed by atoms with E-state index in [1.807, 2.05) is 36.1 Å². The van der Waals surface area contributed by atoms with Gasteiger partial charge in [-0.15, -0.1) is 11.3 Å². The van der Waals surface area contributed by atoms with Crippen molar-refractivity contribution >= 4 is 27.5 Å². The van der Waals surface area contributed by atoms with E-state index in [-0.39, 0.29) is 12.0 Å². The molecule has 0 radical (unpaired) electrons. The minimum absolute atomic E-state index is 0.0419. The lowest BCUT2D eigenvalue weighted by Crippen LogP contribution is -2.46. The average Bonchev–Trinajstić information content (AvgIpc) is 3.07. The van der Waals surface area contributed by atoms with Crippen molar-refractivity contribution in [3.8, 4) is 11.1 Å². The summed E-state index contributed by atoms with van der Waals surface area (Å²) in [5.41, 5.74) is 9.54. The number of morpholine rings is 1. The third-order valence-corrected chi connectivity index (χ3v) is 5.83. The number of nitrogens with zero attached hydrogens (tertiary/aromatic N) is 2. The molecule has 0 unspecified atom stereocenters. The zero-order valence-corrected chi connectivity index (χ0v) is 16.2. The van der Waals surface area contributed by atoms with Crippen LogP contribution in [0.1, 0.15) is 21.8 Å². The van der Waals surface area contributed by atoms with Crippen molar-refractivity contribution in [1.82, 2.24) is 9.88 Å². The van der Waals surface area contributed by atoms with Gasteiger partial charge in [-0.2, -0.15) is 0 Å². The van der Waals surface area contributed by atoms with Crippen LogP contribution in [-0.4, -0.2) is 48.1 Å². The molecule has 0 spiro atoms. The summed E-state index contributed by atoms with van der Waals surface area (Å²) in [5.74, 6) is 0.0532. The van der Waals surface area contributed by atoms with Crippen LogP contribution < -0.4 is 5.73 Å². The lowest BCUT2D eigenvalue weighted by Gasteiger charge is -2.33. The number of ether oxygens (including phenoxy) is 1. The molecule has 0 aliphatic carbocycles. The number of carbonyl (C=O) groups is 1. The summed E-state index contributed by atoms with van der Waals surface area (Å²) < 4.78 is 6.87. The number of hydrogen-bond donors (Lipinski definition) is 1. The minimum atomic E-state index is 0.0419. The fourth-order valence-electron chi connectivity index (χ4n) is 3.47. The van der Waals surface area contributed by atoms with Crippen molar-refractivity contribution < 1.29 is 9.53 Å². The summed E-state index contributed by atoms with van der Waals surface area (Å²) in [6.07, 6.45) is 0.821. The molecule has 6 heteroatoms. The normalized spacial score (nSPS) is 17.4. The number of aromatic nitrogens is 1. The van der Waals surface area contributed by atoms with Gasteiger partial charge < -0.3 is 15.4 Å². The van der Waals surface area contributed by atoms with Crippen molar-refractivity contribution in [3.63, 3.8) is 0 Å². The fraction of sp³-hybridized carbons (Fsp3) is 0.333. The monoisotopic (exact) mass is 381 g/mol. The van der Waals surface area contributed by atoms with Crippen molar-refractivity contribution in [2.24, 2.45) is 5.73 Å².